The third-order valence-electron chi connectivity index (χ3n) is 4.54. The number of nitrogens with zero attached hydrogens (tertiary/aromatic N) is 4. The highest BCUT2D eigenvalue weighted by atomic mass is 35.5. The molecule has 28 heavy (non-hydrogen) atoms. The van der Waals surface area contributed by atoms with Crippen LogP contribution in [0.4, 0.5) is 0 Å². The van der Waals surface area contributed by atoms with Gasteiger partial charge >= 0.3 is 0 Å². The topological polar surface area (TPSA) is 72.2 Å². The molecule has 8 heteroatoms. The predicted octanol–water partition coefficient (Wildman–Crippen LogP) is 3.99. The Morgan fingerprint density at radius 3 is 2.79 bits per heavy atom. The summed E-state index contributed by atoms with van der Waals surface area (Å²) in [4.78, 5) is 21.0. The van der Waals surface area contributed by atoms with Crippen LogP contribution in [0.15, 0.2) is 29.4 Å². The summed E-state index contributed by atoms with van der Waals surface area (Å²) in [5.74, 6) is 0.842. The molecule has 148 valence electrons. The molecule has 1 aromatic carbocycles. The van der Waals surface area contributed by atoms with Gasteiger partial charge in [0, 0.05) is 29.4 Å². The molecule has 0 saturated carbocycles. The second-order valence-electron chi connectivity index (χ2n) is 6.63. The number of thioether (sulfide) groups is 1. The van der Waals surface area contributed by atoms with Gasteiger partial charge < -0.3 is 5.32 Å². The van der Waals surface area contributed by atoms with Crippen molar-refractivity contribution in [1.82, 2.24) is 24.9 Å². The molecule has 0 aliphatic rings. The van der Waals surface area contributed by atoms with Gasteiger partial charge in [-0.05, 0) is 37.5 Å². The van der Waals surface area contributed by atoms with E-state index >= 15 is 0 Å². The van der Waals surface area contributed by atoms with E-state index in [0.717, 1.165) is 40.4 Å². The Bertz CT molecular complexity index is 988. The van der Waals surface area contributed by atoms with Gasteiger partial charge in [0.25, 0.3) is 5.78 Å². The number of hydrogen-bond donors (Lipinski definition) is 1. The molecule has 2 aromatic heterocycles. The van der Waals surface area contributed by atoms with Crippen LogP contribution in [0, 0.1) is 13.8 Å². The third kappa shape index (κ3) is 4.83. The smallest absolute Gasteiger partial charge is 0.253 e. The summed E-state index contributed by atoms with van der Waals surface area (Å²) < 4.78 is 1.75. The van der Waals surface area contributed by atoms with Gasteiger partial charge in [0.15, 0.2) is 0 Å². The van der Waals surface area contributed by atoms with Crippen molar-refractivity contribution >= 4 is 35.0 Å². The maximum Gasteiger partial charge on any atom is 0.253 e. The van der Waals surface area contributed by atoms with Crippen LogP contribution in [-0.4, -0.2) is 37.8 Å². The van der Waals surface area contributed by atoms with Gasteiger partial charge in [-0.3, -0.25) is 4.79 Å². The average Bonchev–Trinajstić information content (AvgIpc) is 3.08. The summed E-state index contributed by atoms with van der Waals surface area (Å²) in [5.41, 5.74) is 4.02. The highest BCUT2D eigenvalue weighted by Gasteiger charge is 2.15. The molecule has 1 amide bonds. The van der Waals surface area contributed by atoms with Crippen LogP contribution < -0.4 is 5.32 Å². The van der Waals surface area contributed by atoms with E-state index in [4.69, 9.17) is 11.6 Å². The average molecular weight is 418 g/mol. The minimum Gasteiger partial charge on any atom is -0.355 e. The number of carbonyl (C=O) groups is 1. The monoisotopic (exact) mass is 417 g/mol. The Kier molecular flexibility index (Phi) is 6.91. The predicted molar refractivity (Wildman–Crippen MR) is 113 cm³/mol. The molecule has 1 N–H and O–H groups in total. The quantitative estimate of drug-likeness (QED) is 0.443. The molecule has 0 aliphatic heterocycles. The van der Waals surface area contributed by atoms with E-state index in [2.05, 4.69) is 27.3 Å². The number of aromatic nitrogens is 4. The van der Waals surface area contributed by atoms with Crippen LogP contribution in [0.1, 0.15) is 42.3 Å². The van der Waals surface area contributed by atoms with Gasteiger partial charge in [0.1, 0.15) is 0 Å². The summed E-state index contributed by atoms with van der Waals surface area (Å²) in [6.07, 6.45) is 2.73. The maximum atomic E-state index is 11.9. The molecule has 0 fully saturated rings. The Morgan fingerprint density at radius 2 is 2.04 bits per heavy atom. The van der Waals surface area contributed by atoms with Crippen molar-refractivity contribution in [2.45, 2.75) is 45.2 Å². The second kappa shape index (κ2) is 9.39. The summed E-state index contributed by atoms with van der Waals surface area (Å²) in [7, 11) is 0. The van der Waals surface area contributed by atoms with Gasteiger partial charge in [0.05, 0.1) is 5.75 Å². The van der Waals surface area contributed by atoms with E-state index in [1.807, 2.05) is 38.1 Å². The number of nitrogens with one attached hydrogen (secondary N) is 1. The second-order valence-corrected chi connectivity index (χ2v) is 7.98. The molecule has 2 heterocycles. The number of carbonyl (C=O) groups excluding carboxylic acids is 1. The van der Waals surface area contributed by atoms with Crippen molar-refractivity contribution in [2.75, 3.05) is 12.3 Å². The molecule has 0 saturated heterocycles. The molecule has 0 radical (unpaired) electrons. The lowest BCUT2D eigenvalue weighted by Gasteiger charge is -2.11. The number of benzene rings is 1. The van der Waals surface area contributed by atoms with Crippen molar-refractivity contribution in [2.24, 2.45) is 0 Å². The molecule has 0 aliphatic carbocycles. The van der Waals surface area contributed by atoms with Crippen LogP contribution in [0.2, 0.25) is 5.02 Å². The number of fused-ring (bicyclic) bond motifs is 1. The first kappa shape index (κ1) is 20.6. The molecule has 3 rings (SSSR count). The molecule has 6 nitrogen and oxygen atoms in total. The van der Waals surface area contributed by atoms with Crippen molar-refractivity contribution in [1.29, 1.82) is 0 Å². The van der Waals surface area contributed by atoms with Crippen molar-refractivity contribution in [3.05, 3.63) is 51.8 Å². The lowest BCUT2D eigenvalue weighted by Crippen LogP contribution is -2.26. The van der Waals surface area contributed by atoms with Gasteiger partial charge in [0.2, 0.25) is 11.1 Å². The highest BCUT2D eigenvalue weighted by Crippen LogP contribution is 2.23. The Labute approximate surface area is 174 Å². The standard InChI is InChI=1S/C20H24ClN5OS/c1-4-5-10-22-18(27)12-28-20-24-19-23-13(2)16(14(3)26(19)25-20)11-15-8-6-7-9-17(15)21/h6-9H,4-5,10-12H2,1-3H3,(H,22,27). The normalized spacial score (nSPS) is 11.1. The molecule has 0 unspecified atom stereocenters. The van der Waals surface area contributed by atoms with Crippen LogP contribution in [-0.2, 0) is 11.2 Å². The van der Waals surface area contributed by atoms with E-state index in [-0.39, 0.29) is 5.91 Å². The lowest BCUT2D eigenvalue weighted by molar-refractivity contribution is -0.118. The highest BCUT2D eigenvalue weighted by molar-refractivity contribution is 7.99. The number of aryl methyl sites for hydroxylation is 2. The Morgan fingerprint density at radius 1 is 1.25 bits per heavy atom. The lowest BCUT2D eigenvalue weighted by atomic mass is 10.0. The van der Waals surface area contributed by atoms with E-state index in [1.165, 1.54) is 11.8 Å². The van der Waals surface area contributed by atoms with Crippen molar-refractivity contribution < 1.29 is 4.79 Å². The zero-order valence-electron chi connectivity index (χ0n) is 16.3. The molecule has 0 bridgehead atoms. The van der Waals surface area contributed by atoms with Crippen molar-refractivity contribution in [3.63, 3.8) is 0 Å². The number of unbranched alkanes of at least 4 members (excludes halogenated alkanes) is 1. The minimum atomic E-state index is -0.00224. The molecular weight excluding hydrogens is 394 g/mol. The fourth-order valence-electron chi connectivity index (χ4n) is 2.92. The fourth-order valence-corrected chi connectivity index (χ4v) is 3.78. The fraction of sp³-hybridized carbons (Fsp3) is 0.400. The minimum absolute atomic E-state index is 0.00224. The first-order valence-corrected chi connectivity index (χ1v) is 10.7. The summed E-state index contributed by atoms with van der Waals surface area (Å²) in [5, 5.41) is 8.73. The summed E-state index contributed by atoms with van der Waals surface area (Å²) in [6.45, 7) is 6.79. The van der Waals surface area contributed by atoms with E-state index in [9.17, 15) is 4.79 Å². The Balaban J connectivity index is 1.78. The molecule has 3 aromatic rings. The number of amides is 1. The van der Waals surface area contributed by atoms with Gasteiger partial charge in [-0.15, -0.1) is 5.10 Å². The largest absolute Gasteiger partial charge is 0.355 e. The molecular formula is C20H24ClN5OS. The zero-order chi connectivity index (χ0) is 20.1. The number of rotatable bonds is 8. The summed E-state index contributed by atoms with van der Waals surface area (Å²) in [6, 6.07) is 7.81. The van der Waals surface area contributed by atoms with E-state index in [0.29, 0.717) is 29.7 Å². The number of halogens is 1. The van der Waals surface area contributed by atoms with Crippen LogP contribution in [0.3, 0.4) is 0 Å². The van der Waals surface area contributed by atoms with Crippen molar-refractivity contribution in [3.8, 4) is 0 Å². The first-order valence-electron chi connectivity index (χ1n) is 9.35. The molecule has 0 spiro atoms. The van der Waals surface area contributed by atoms with Gasteiger partial charge in [-0.2, -0.15) is 4.98 Å². The van der Waals surface area contributed by atoms with Crippen LogP contribution >= 0.6 is 23.4 Å². The Hall–Kier alpha value is -2.12. The van der Waals surface area contributed by atoms with E-state index < -0.39 is 0 Å². The van der Waals surface area contributed by atoms with Crippen LogP contribution in [0.5, 0.6) is 0 Å². The zero-order valence-corrected chi connectivity index (χ0v) is 17.9. The summed E-state index contributed by atoms with van der Waals surface area (Å²) >= 11 is 7.64. The molecule has 0 atom stereocenters. The third-order valence-corrected chi connectivity index (χ3v) is 5.75. The maximum absolute atomic E-state index is 11.9. The van der Waals surface area contributed by atoms with E-state index in [1.54, 1.807) is 4.52 Å². The van der Waals surface area contributed by atoms with Crippen LogP contribution in [0.25, 0.3) is 5.78 Å². The SMILES string of the molecule is CCCCNC(=O)CSc1nc2nc(C)c(Cc3ccccc3Cl)c(C)n2n1. The first-order chi connectivity index (χ1) is 13.5. The van der Waals surface area contributed by atoms with Gasteiger partial charge in [-0.1, -0.05) is 54.9 Å². The van der Waals surface area contributed by atoms with Gasteiger partial charge in [-0.25, -0.2) is 9.50 Å². The number of hydrogen-bond acceptors (Lipinski definition) is 5.